The van der Waals surface area contributed by atoms with E-state index < -0.39 is 28.4 Å². The maximum Gasteiger partial charge on any atom is 0.359 e. The highest BCUT2D eigenvalue weighted by Gasteiger charge is 2.35. The third-order valence-corrected chi connectivity index (χ3v) is 2.33. The lowest BCUT2D eigenvalue weighted by Gasteiger charge is -2.17. The Balaban J connectivity index is 2.79. The molecule has 0 spiro atoms. The molecule has 1 atom stereocenters. The SMILES string of the molecule is O=C(OC(CF)c1ccc(F)cc1)C(Cl)(Cl)Cl. The van der Waals surface area contributed by atoms with Crippen LogP contribution >= 0.6 is 34.8 Å². The normalized spacial score (nSPS) is 13.2. The zero-order valence-corrected chi connectivity index (χ0v) is 10.6. The van der Waals surface area contributed by atoms with Gasteiger partial charge >= 0.3 is 5.97 Å². The van der Waals surface area contributed by atoms with Crippen LogP contribution in [0.1, 0.15) is 11.7 Å². The summed E-state index contributed by atoms with van der Waals surface area (Å²) in [7, 11) is 0. The Bertz CT molecular complexity index is 390. The number of hydrogen-bond acceptors (Lipinski definition) is 2. The van der Waals surface area contributed by atoms with Crippen LogP contribution in [0, 0.1) is 5.82 Å². The second-order valence-corrected chi connectivity index (χ2v) is 5.38. The van der Waals surface area contributed by atoms with E-state index in [0.717, 1.165) is 12.1 Å². The van der Waals surface area contributed by atoms with Gasteiger partial charge in [-0.3, -0.25) is 0 Å². The van der Waals surface area contributed by atoms with Gasteiger partial charge in [-0.1, -0.05) is 46.9 Å². The first-order chi connectivity index (χ1) is 7.84. The van der Waals surface area contributed by atoms with Gasteiger partial charge in [-0.05, 0) is 17.7 Å². The lowest BCUT2D eigenvalue weighted by Crippen LogP contribution is -2.25. The van der Waals surface area contributed by atoms with Gasteiger partial charge in [0.15, 0.2) is 6.10 Å². The van der Waals surface area contributed by atoms with Crippen molar-refractivity contribution in [1.82, 2.24) is 0 Å². The molecule has 94 valence electrons. The molecular formula is C10H7Cl3F2O2. The van der Waals surface area contributed by atoms with E-state index in [0.29, 0.717) is 0 Å². The van der Waals surface area contributed by atoms with E-state index in [9.17, 15) is 13.6 Å². The summed E-state index contributed by atoms with van der Waals surface area (Å²) in [6.45, 7) is -1.00. The molecule has 2 nitrogen and oxygen atoms in total. The third-order valence-electron chi connectivity index (χ3n) is 1.86. The lowest BCUT2D eigenvalue weighted by atomic mass is 10.1. The van der Waals surface area contributed by atoms with Gasteiger partial charge in [0.25, 0.3) is 3.79 Å². The van der Waals surface area contributed by atoms with Crippen molar-refractivity contribution in [3.05, 3.63) is 35.6 Å². The molecule has 0 aliphatic heterocycles. The molecule has 17 heavy (non-hydrogen) atoms. The van der Waals surface area contributed by atoms with E-state index in [1.54, 1.807) is 0 Å². The highest BCUT2D eigenvalue weighted by Crippen LogP contribution is 2.30. The number of alkyl halides is 4. The molecular weight excluding hydrogens is 296 g/mol. The van der Waals surface area contributed by atoms with Crippen LogP contribution in [0.2, 0.25) is 0 Å². The Kier molecular flexibility index (Phi) is 4.98. The molecule has 0 aliphatic carbocycles. The van der Waals surface area contributed by atoms with Crippen LogP contribution in [0.3, 0.4) is 0 Å². The predicted octanol–water partition coefficient (Wildman–Crippen LogP) is 3.75. The quantitative estimate of drug-likeness (QED) is 0.628. The molecule has 0 saturated heterocycles. The fraction of sp³-hybridized carbons (Fsp3) is 0.300. The summed E-state index contributed by atoms with van der Waals surface area (Å²) >= 11 is 15.8. The smallest absolute Gasteiger partial charge is 0.359 e. The summed E-state index contributed by atoms with van der Waals surface area (Å²) in [5, 5.41) is 0. The van der Waals surface area contributed by atoms with Gasteiger partial charge in [-0.2, -0.15) is 0 Å². The summed E-state index contributed by atoms with van der Waals surface area (Å²) in [5.41, 5.74) is 0.275. The van der Waals surface area contributed by atoms with Crippen molar-refractivity contribution in [2.24, 2.45) is 0 Å². The van der Waals surface area contributed by atoms with E-state index >= 15 is 0 Å². The molecule has 0 saturated carbocycles. The highest BCUT2D eigenvalue weighted by atomic mass is 35.6. The van der Waals surface area contributed by atoms with Gasteiger partial charge in [-0.25, -0.2) is 13.6 Å². The van der Waals surface area contributed by atoms with Gasteiger partial charge in [-0.15, -0.1) is 0 Å². The first-order valence-corrected chi connectivity index (χ1v) is 5.57. The van der Waals surface area contributed by atoms with Gasteiger partial charge < -0.3 is 4.74 Å². The Morgan fingerprint density at radius 2 is 1.82 bits per heavy atom. The van der Waals surface area contributed by atoms with Gasteiger partial charge in [0.1, 0.15) is 12.5 Å². The zero-order valence-electron chi connectivity index (χ0n) is 8.30. The number of ether oxygens (including phenoxy) is 1. The highest BCUT2D eigenvalue weighted by molar-refractivity contribution is 6.75. The molecule has 1 aromatic rings. The van der Waals surface area contributed by atoms with Crippen LogP contribution in [0.4, 0.5) is 8.78 Å². The summed E-state index contributed by atoms with van der Waals surface area (Å²) in [5.74, 6) is -1.67. The zero-order chi connectivity index (χ0) is 13.1. The van der Waals surface area contributed by atoms with Crippen molar-refractivity contribution in [2.45, 2.75) is 9.90 Å². The maximum atomic E-state index is 12.7. The number of rotatable bonds is 3. The molecule has 0 fully saturated rings. The van der Waals surface area contributed by atoms with Crippen LogP contribution in [-0.2, 0) is 9.53 Å². The predicted molar refractivity (Wildman–Crippen MR) is 61.5 cm³/mol. The van der Waals surface area contributed by atoms with E-state index in [4.69, 9.17) is 34.8 Å². The Morgan fingerprint density at radius 1 is 1.29 bits per heavy atom. The van der Waals surface area contributed by atoms with Crippen molar-refractivity contribution < 1.29 is 18.3 Å². The van der Waals surface area contributed by atoms with Crippen LogP contribution in [0.15, 0.2) is 24.3 Å². The van der Waals surface area contributed by atoms with Crippen molar-refractivity contribution in [2.75, 3.05) is 6.67 Å². The molecule has 0 N–H and O–H groups in total. The van der Waals surface area contributed by atoms with Crippen LogP contribution in [0.5, 0.6) is 0 Å². The summed E-state index contributed by atoms with van der Waals surface area (Å²) in [6, 6.07) is 4.79. The monoisotopic (exact) mass is 302 g/mol. The Hall–Kier alpha value is -0.580. The van der Waals surface area contributed by atoms with Gasteiger partial charge in [0.05, 0.1) is 0 Å². The summed E-state index contributed by atoms with van der Waals surface area (Å²) in [6.07, 6.45) is -1.22. The standard InChI is InChI=1S/C10H7Cl3F2O2/c11-10(12,13)9(16)17-8(5-14)6-1-3-7(15)4-2-6/h1-4,8H,5H2. The minimum atomic E-state index is -2.27. The molecule has 1 rings (SSSR count). The third kappa shape index (κ3) is 4.30. The van der Waals surface area contributed by atoms with Gasteiger partial charge in [0.2, 0.25) is 0 Å². The minimum absolute atomic E-state index is 0.275. The largest absolute Gasteiger partial charge is 0.452 e. The van der Waals surface area contributed by atoms with Crippen LogP contribution in [0.25, 0.3) is 0 Å². The second kappa shape index (κ2) is 5.85. The average Bonchev–Trinajstić information content (AvgIpc) is 2.25. The first-order valence-electron chi connectivity index (χ1n) is 4.44. The number of benzene rings is 1. The molecule has 0 amide bonds. The van der Waals surface area contributed by atoms with Crippen LogP contribution < -0.4 is 0 Å². The molecule has 1 aromatic carbocycles. The number of hydrogen-bond donors (Lipinski definition) is 0. The molecule has 1 unspecified atom stereocenters. The van der Waals surface area contributed by atoms with E-state index in [1.807, 2.05) is 0 Å². The average molecular weight is 304 g/mol. The van der Waals surface area contributed by atoms with Gasteiger partial charge in [0, 0.05) is 0 Å². The Morgan fingerprint density at radius 3 is 2.24 bits per heavy atom. The number of esters is 1. The topological polar surface area (TPSA) is 26.3 Å². The molecule has 0 aliphatic rings. The fourth-order valence-corrected chi connectivity index (χ4v) is 1.20. The fourth-order valence-electron chi connectivity index (χ4n) is 1.06. The van der Waals surface area contributed by atoms with E-state index in [1.165, 1.54) is 12.1 Å². The van der Waals surface area contributed by atoms with E-state index in [2.05, 4.69) is 4.74 Å². The number of halogens is 5. The summed E-state index contributed by atoms with van der Waals surface area (Å²) < 4.78 is 27.7. The summed E-state index contributed by atoms with van der Waals surface area (Å²) in [4.78, 5) is 11.2. The van der Waals surface area contributed by atoms with Crippen molar-refractivity contribution in [3.63, 3.8) is 0 Å². The molecule has 0 heterocycles. The number of carbonyl (C=O) groups excluding carboxylic acids is 1. The molecule has 7 heteroatoms. The van der Waals surface area contributed by atoms with Crippen molar-refractivity contribution in [1.29, 1.82) is 0 Å². The lowest BCUT2D eigenvalue weighted by molar-refractivity contribution is -0.149. The molecule has 0 aromatic heterocycles. The molecule has 0 radical (unpaired) electrons. The Labute approximate surface area is 111 Å². The molecule has 0 bridgehead atoms. The van der Waals surface area contributed by atoms with E-state index in [-0.39, 0.29) is 5.56 Å². The maximum absolute atomic E-state index is 12.7. The van der Waals surface area contributed by atoms with Crippen molar-refractivity contribution >= 4 is 40.8 Å². The van der Waals surface area contributed by atoms with Crippen LogP contribution in [-0.4, -0.2) is 16.4 Å². The second-order valence-electron chi connectivity index (χ2n) is 3.10. The minimum Gasteiger partial charge on any atom is -0.452 e. The first kappa shape index (κ1) is 14.5. The number of carbonyl (C=O) groups is 1. The van der Waals surface area contributed by atoms with Crippen molar-refractivity contribution in [3.8, 4) is 0 Å².